The van der Waals surface area contributed by atoms with E-state index in [1.54, 1.807) is 0 Å². The number of hydrogen-bond acceptors (Lipinski definition) is 4. The van der Waals surface area contributed by atoms with Crippen molar-refractivity contribution in [3.8, 4) is 0 Å². The summed E-state index contributed by atoms with van der Waals surface area (Å²) >= 11 is 0. The van der Waals surface area contributed by atoms with Crippen molar-refractivity contribution in [2.24, 2.45) is 0 Å². The second-order valence-electron chi connectivity index (χ2n) is 3.45. The molecule has 14 heavy (non-hydrogen) atoms. The first-order valence-corrected chi connectivity index (χ1v) is 6.92. The van der Waals surface area contributed by atoms with Crippen LogP contribution in [0.4, 0.5) is 0 Å². The fraction of sp³-hybridized carbons (Fsp3) is 0.889. The minimum Gasteiger partial charge on any atom is -0.310 e. The molecule has 0 spiro atoms. The van der Waals surface area contributed by atoms with Gasteiger partial charge in [0.2, 0.25) is 0 Å². The van der Waals surface area contributed by atoms with Gasteiger partial charge in [-0.05, 0) is 19.4 Å². The molecule has 0 aromatic rings. The highest BCUT2D eigenvalue weighted by Crippen LogP contribution is 1.95. The molecule has 5 heteroatoms. The van der Waals surface area contributed by atoms with Crippen molar-refractivity contribution >= 4 is 15.6 Å². The predicted molar refractivity (Wildman–Crippen MR) is 57.1 cm³/mol. The van der Waals surface area contributed by atoms with Crippen molar-refractivity contribution in [1.29, 1.82) is 0 Å². The molecule has 0 atom stereocenters. The SMILES string of the molecule is CCCNCC(=O)CCCS(C)(=O)=O. The highest BCUT2D eigenvalue weighted by atomic mass is 32.2. The van der Waals surface area contributed by atoms with Crippen molar-refractivity contribution in [2.45, 2.75) is 26.2 Å². The molecule has 0 saturated heterocycles. The molecule has 0 rings (SSSR count). The van der Waals surface area contributed by atoms with Crippen LogP contribution in [-0.4, -0.2) is 39.3 Å². The first kappa shape index (κ1) is 13.6. The Labute approximate surface area is 86.0 Å². The zero-order valence-corrected chi connectivity index (χ0v) is 9.69. The van der Waals surface area contributed by atoms with Gasteiger partial charge in [-0.25, -0.2) is 8.42 Å². The lowest BCUT2D eigenvalue weighted by molar-refractivity contribution is -0.118. The number of sulfone groups is 1. The van der Waals surface area contributed by atoms with E-state index in [2.05, 4.69) is 5.32 Å². The molecule has 1 N–H and O–H groups in total. The number of carbonyl (C=O) groups excluding carboxylic acids is 1. The predicted octanol–water partition coefficient (Wildman–Crippen LogP) is 0.380. The summed E-state index contributed by atoms with van der Waals surface area (Å²) in [5.74, 6) is 0.189. The van der Waals surface area contributed by atoms with Crippen LogP contribution in [0.15, 0.2) is 0 Å². The minimum atomic E-state index is -2.92. The molecule has 0 unspecified atom stereocenters. The van der Waals surface area contributed by atoms with Gasteiger partial charge in [0.1, 0.15) is 15.6 Å². The molecular formula is C9H19NO3S. The van der Waals surface area contributed by atoms with Crippen LogP contribution < -0.4 is 5.32 Å². The van der Waals surface area contributed by atoms with E-state index in [4.69, 9.17) is 0 Å². The molecule has 84 valence electrons. The lowest BCUT2D eigenvalue weighted by Crippen LogP contribution is -2.23. The third kappa shape index (κ3) is 9.67. The highest BCUT2D eigenvalue weighted by molar-refractivity contribution is 7.90. The van der Waals surface area contributed by atoms with Crippen LogP contribution in [0, 0.1) is 0 Å². The number of ketones is 1. The molecule has 0 heterocycles. The van der Waals surface area contributed by atoms with Gasteiger partial charge in [-0.2, -0.15) is 0 Å². The summed E-state index contributed by atoms with van der Waals surface area (Å²) < 4.78 is 21.5. The zero-order valence-electron chi connectivity index (χ0n) is 8.88. The van der Waals surface area contributed by atoms with Crippen LogP contribution in [0.25, 0.3) is 0 Å². The second-order valence-corrected chi connectivity index (χ2v) is 5.71. The standard InChI is InChI=1S/C9H19NO3S/c1-3-6-10-8-9(11)5-4-7-14(2,12)13/h10H,3-8H2,1-2H3. The van der Waals surface area contributed by atoms with Crippen molar-refractivity contribution in [3.63, 3.8) is 0 Å². The molecule has 4 nitrogen and oxygen atoms in total. The lowest BCUT2D eigenvalue weighted by Gasteiger charge is -2.01. The van der Waals surface area contributed by atoms with E-state index in [0.717, 1.165) is 13.0 Å². The quantitative estimate of drug-likeness (QED) is 0.602. The summed E-state index contributed by atoms with van der Waals surface area (Å²) in [4.78, 5) is 11.1. The summed E-state index contributed by atoms with van der Waals surface area (Å²) in [5.41, 5.74) is 0. The minimum absolute atomic E-state index is 0.0853. The summed E-state index contributed by atoms with van der Waals surface area (Å²) in [7, 11) is -2.92. The van der Waals surface area contributed by atoms with Gasteiger partial charge < -0.3 is 5.32 Å². The highest BCUT2D eigenvalue weighted by Gasteiger charge is 2.05. The van der Waals surface area contributed by atoms with Gasteiger partial charge in [0.05, 0.1) is 12.3 Å². The third-order valence-corrected chi connectivity index (χ3v) is 2.75. The van der Waals surface area contributed by atoms with Crippen molar-refractivity contribution < 1.29 is 13.2 Å². The first-order chi connectivity index (χ1) is 6.45. The van der Waals surface area contributed by atoms with Crippen LogP contribution >= 0.6 is 0 Å². The molecule has 0 aliphatic rings. The van der Waals surface area contributed by atoms with Gasteiger partial charge in [-0.15, -0.1) is 0 Å². The molecule has 0 radical (unpaired) electrons. The number of hydrogen-bond donors (Lipinski definition) is 1. The normalized spacial score (nSPS) is 11.6. The smallest absolute Gasteiger partial charge is 0.147 e. The van der Waals surface area contributed by atoms with Gasteiger partial charge in [0.25, 0.3) is 0 Å². The van der Waals surface area contributed by atoms with E-state index in [-0.39, 0.29) is 11.5 Å². The fourth-order valence-corrected chi connectivity index (χ4v) is 1.69. The van der Waals surface area contributed by atoms with E-state index in [1.165, 1.54) is 6.26 Å². The zero-order chi connectivity index (χ0) is 11.0. The van der Waals surface area contributed by atoms with Crippen LogP contribution in [0.2, 0.25) is 0 Å². The van der Waals surface area contributed by atoms with E-state index in [9.17, 15) is 13.2 Å². The summed E-state index contributed by atoms with van der Waals surface area (Å²) in [5, 5.41) is 2.98. The number of rotatable bonds is 8. The van der Waals surface area contributed by atoms with Gasteiger partial charge in [-0.3, -0.25) is 4.79 Å². The Morgan fingerprint density at radius 1 is 1.36 bits per heavy atom. The second kappa shape index (κ2) is 6.95. The van der Waals surface area contributed by atoms with E-state index < -0.39 is 9.84 Å². The fourth-order valence-electron chi connectivity index (χ4n) is 1.02. The molecule has 0 bridgehead atoms. The Bertz CT molecular complexity index is 259. The molecule has 0 saturated carbocycles. The van der Waals surface area contributed by atoms with E-state index in [0.29, 0.717) is 19.4 Å². The molecule has 0 amide bonds. The monoisotopic (exact) mass is 221 g/mol. The van der Waals surface area contributed by atoms with Crippen LogP contribution in [-0.2, 0) is 14.6 Å². The van der Waals surface area contributed by atoms with E-state index in [1.807, 2.05) is 6.92 Å². The van der Waals surface area contributed by atoms with Crippen LogP contribution in [0.5, 0.6) is 0 Å². The summed E-state index contributed by atoms with van der Waals surface area (Å²) in [6, 6.07) is 0. The first-order valence-electron chi connectivity index (χ1n) is 4.86. The molecule has 0 aromatic heterocycles. The van der Waals surface area contributed by atoms with Gasteiger partial charge >= 0.3 is 0 Å². The Morgan fingerprint density at radius 2 is 2.00 bits per heavy atom. The molecular weight excluding hydrogens is 202 g/mol. The maximum atomic E-state index is 11.1. The van der Waals surface area contributed by atoms with Gasteiger partial charge in [-0.1, -0.05) is 6.92 Å². The Morgan fingerprint density at radius 3 is 2.50 bits per heavy atom. The number of carbonyl (C=O) groups is 1. The topological polar surface area (TPSA) is 63.2 Å². The molecule has 0 aliphatic heterocycles. The Kier molecular flexibility index (Phi) is 6.74. The van der Waals surface area contributed by atoms with Crippen LogP contribution in [0.1, 0.15) is 26.2 Å². The molecule has 0 fully saturated rings. The molecule has 0 aromatic carbocycles. The number of nitrogens with one attached hydrogen (secondary N) is 1. The van der Waals surface area contributed by atoms with Gasteiger partial charge in [0.15, 0.2) is 0 Å². The summed E-state index contributed by atoms with van der Waals surface area (Å²) in [6.07, 6.45) is 2.97. The largest absolute Gasteiger partial charge is 0.310 e. The van der Waals surface area contributed by atoms with E-state index >= 15 is 0 Å². The Balaban J connectivity index is 3.45. The van der Waals surface area contributed by atoms with Crippen molar-refractivity contribution in [2.75, 3.05) is 25.1 Å². The molecule has 0 aliphatic carbocycles. The maximum Gasteiger partial charge on any atom is 0.147 e. The maximum absolute atomic E-state index is 11.1. The van der Waals surface area contributed by atoms with Crippen molar-refractivity contribution in [1.82, 2.24) is 5.32 Å². The summed E-state index contributed by atoms with van der Waals surface area (Å²) in [6.45, 7) is 3.22. The average Bonchev–Trinajstić information content (AvgIpc) is 2.02. The third-order valence-electron chi connectivity index (χ3n) is 1.72. The lowest BCUT2D eigenvalue weighted by atomic mass is 10.2. The Hall–Kier alpha value is -0.420. The van der Waals surface area contributed by atoms with Crippen LogP contribution in [0.3, 0.4) is 0 Å². The van der Waals surface area contributed by atoms with Crippen molar-refractivity contribution in [3.05, 3.63) is 0 Å². The van der Waals surface area contributed by atoms with Gasteiger partial charge in [0, 0.05) is 12.7 Å². The average molecular weight is 221 g/mol. The number of Topliss-reactive ketones (excluding diaryl/α,β-unsaturated/α-hetero) is 1.